The van der Waals surface area contributed by atoms with Gasteiger partial charge in [-0.05, 0) is 30.2 Å². The average Bonchev–Trinajstić information content (AvgIpc) is 2.49. The molecule has 1 N–H and O–H groups in total. The molecule has 21 heavy (non-hydrogen) atoms. The van der Waals surface area contributed by atoms with Crippen LogP contribution in [-0.4, -0.2) is 18.3 Å². The van der Waals surface area contributed by atoms with E-state index in [1.54, 1.807) is 0 Å². The summed E-state index contributed by atoms with van der Waals surface area (Å²) in [6.07, 6.45) is 2.20. The van der Waals surface area contributed by atoms with Crippen LogP contribution in [0, 0.1) is 17.8 Å². The fourth-order valence-electron chi connectivity index (χ4n) is 2.30. The average molecular weight is 282 g/mol. The molecule has 2 rings (SSSR count). The molecule has 0 heterocycles. The number of ether oxygens (including phenoxy) is 1. The van der Waals surface area contributed by atoms with Crippen LogP contribution in [-0.2, 0) is 0 Å². The van der Waals surface area contributed by atoms with Gasteiger partial charge in [-0.15, -0.1) is 0 Å². The van der Waals surface area contributed by atoms with Gasteiger partial charge in [0.2, 0.25) is 0 Å². The third-order valence-electron chi connectivity index (χ3n) is 3.37. The molecule has 0 unspecified atom stereocenters. The van der Waals surface area contributed by atoms with Crippen LogP contribution in [0.25, 0.3) is 10.8 Å². The molecule has 110 valence electrons. The minimum Gasteiger partial charge on any atom is -0.492 e. The number of aliphatic hydroxyl groups excluding tert-OH is 1. The molecule has 0 radical (unpaired) electrons. The Morgan fingerprint density at radius 3 is 2.71 bits per heavy atom. The molecule has 0 aliphatic rings. The van der Waals surface area contributed by atoms with Crippen LogP contribution >= 0.6 is 0 Å². The Morgan fingerprint density at radius 2 is 1.95 bits per heavy atom. The number of rotatable bonds is 5. The van der Waals surface area contributed by atoms with Gasteiger partial charge in [0.15, 0.2) is 0 Å². The fourth-order valence-corrected chi connectivity index (χ4v) is 2.30. The standard InChI is InChI=1S/C19H22O2/c1-15(2)7-6-14-21-19-12-11-16-8-3-4-9-17(16)18(19)10-5-13-20/h3-4,8-9,11-12,15,20H,6-7,13-14H2,1-2H3. The minimum atomic E-state index is -0.143. The molecular formula is C19H22O2. The second-order valence-electron chi connectivity index (χ2n) is 5.50. The summed E-state index contributed by atoms with van der Waals surface area (Å²) < 4.78 is 5.91. The van der Waals surface area contributed by atoms with Gasteiger partial charge in [-0.1, -0.05) is 56.0 Å². The van der Waals surface area contributed by atoms with Gasteiger partial charge in [-0.2, -0.15) is 0 Å². The number of aliphatic hydroxyl groups is 1. The molecule has 0 aromatic heterocycles. The summed E-state index contributed by atoms with van der Waals surface area (Å²) in [7, 11) is 0. The van der Waals surface area contributed by atoms with Crippen LogP contribution in [0.4, 0.5) is 0 Å². The Hall–Kier alpha value is -1.98. The van der Waals surface area contributed by atoms with Gasteiger partial charge in [0.1, 0.15) is 12.4 Å². The van der Waals surface area contributed by atoms with Crippen LogP contribution in [0.1, 0.15) is 32.3 Å². The van der Waals surface area contributed by atoms with Crippen molar-refractivity contribution in [1.29, 1.82) is 0 Å². The fraction of sp³-hybridized carbons (Fsp3) is 0.368. The van der Waals surface area contributed by atoms with E-state index in [1.807, 2.05) is 24.3 Å². The summed E-state index contributed by atoms with van der Waals surface area (Å²) in [5.41, 5.74) is 0.867. The van der Waals surface area contributed by atoms with Crippen molar-refractivity contribution in [3.8, 4) is 17.6 Å². The van der Waals surface area contributed by atoms with Gasteiger partial charge in [-0.25, -0.2) is 0 Å². The third-order valence-corrected chi connectivity index (χ3v) is 3.37. The molecule has 2 aromatic carbocycles. The molecule has 0 amide bonds. The Kier molecular flexibility index (Phi) is 5.66. The number of hydrogen-bond acceptors (Lipinski definition) is 2. The quantitative estimate of drug-likeness (QED) is 0.663. The maximum atomic E-state index is 8.95. The molecule has 2 heteroatoms. The summed E-state index contributed by atoms with van der Waals surface area (Å²) in [6.45, 7) is 4.99. The van der Waals surface area contributed by atoms with E-state index in [0.717, 1.165) is 34.9 Å². The number of fused-ring (bicyclic) bond motifs is 1. The van der Waals surface area contributed by atoms with Crippen molar-refractivity contribution in [3.05, 3.63) is 42.0 Å². The molecule has 0 atom stereocenters. The molecule has 0 fully saturated rings. The minimum absolute atomic E-state index is 0.143. The van der Waals surface area contributed by atoms with Gasteiger partial charge >= 0.3 is 0 Å². The number of benzene rings is 2. The predicted octanol–water partition coefficient (Wildman–Crippen LogP) is 4.00. The van der Waals surface area contributed by atoms with Gasteiger partial charge in [0.25, 0.3) is 0 Å². The molecule has 0 saturated carbocycles. The second-order valence-corrected chi connectivity index (χ2v) is 5.50. The largest absolute Gasteiger partial charge is 0.492 e. The Morgan fingerprint density at radius 1 is 1.14 bits per heavy atom. The zero-order chi connectivity index (χ0) is 15.1. The summed E-state index contributed by atoms with van der Waals surface area (Å²) in [6, 6.07) is 12.1. The van der Waals surface area contributed by atoms with Crippen molar-refractivity contribution in [2.75, 3.05) is 13.2 Å². The lowest BCUT2D eigenvalue weighted by Gasteiger charge is -2.11. The van der Waals surface area contributed by atoms with E-state index in [1.165, 1.54) is 0 Å². The van der Waals surface area contributed by atoms with Crippen molar-refractivity contribution >= 4 is 10.8 Å². The van der Waals surface area contributed by atoms with Gasteiger partial charge < -0.3 is 9.84 Å². The van der Waals surface area contributed by atoms with Crippen molar-refractivity contribution in [2.24, 2.45) is 5.92 Å². The zero-order valence-electron chi connectivity index (χ0n) is 12.7. The van der Waals surface area contributed by atoms with Crippen LogP contribution < -0.4 is 4.74 Å². The first-order valence-corrected chi connectivity index (χ1v) is 7.46. The van der Waals surface area contributed by atoms with Gasteiger partial charge in [0, 0.05) is 5.39 Å². The normalized spacial score (nSPS) is 10.5. The summed E-state index contributed by atoms with van der Waals surface area (Å²) in [5, 5.41) is 11.2. The van der Waals surface area contributed by atoms with Crippen LogP contribution in [0.2, 0.25) is 0 Å². The van der Waals surface area contributed by atoms with E-state index >= 15 is 0 Å². The van der Waals surface area contributed by atoms with Crippen LogP contribution in [0.3, 0.4) is 0 Å². The lowest BCUT2D eigenvalue weighted by Crippen LogP contribution is -2.01. The van der Waals surface area contributed by atoms with Crippen molar-refractivity contribution in [2.45, 2.75) is 26.7 Å². The van der Waals surface area contributed by atoms with E-state index in [0.29, 0.717) is 12.5 Å². The van der Waals surface area contributed by atoms with Gasteiger partial charge in [0.05, 0.1) is 12.2 Å². The Balaban J connectivity index is 2.25. The third kappa shape index (κ3) is 4.24. The first-order valence-electron chi connectivity index (χ1n) is 7.46. The SMILES string of the molecule is CC(C)CCCOc1ccc2ccccc2c1C#CCO. The molecule has 0 aliphatic heterocycles. The second kappa shape index (κ2) is 7.71. The Labute approximate surface area is 126 Å². The summed E-state index contributed by atoms with van der Waals surface area (Å²) in [4.78, 5) is 0. The van der Waals surface area contributed by atoms with E-state index < -0.39 is 0 Å². The van der Waals surface area contributed by atoms with Gasteiger partial charge in [-0.3, -0.25) is 0 Å². The predicted molar refractivity (Wildman–Crippen MR) is 87.5 cm³/mol. The molecule has 2 aromatic rings. The molecule has 0 bridgehead atoms. The molecule has 0 saturated heterocycles. The van der Waals surface area contributed by atoms with E-state index in [-0.39, 0.29) is 6.61 Å². The molecule has 2 nitrogen and oxygen atoms in total. The highest BCUT2D eigenvalue weighted by Crippen LogP contribution is 2.27. The van der Waals surface area contributed by atoms with Crippen molar-refractivity contribution < 1.29 is 9.84 Å². The first kappa shape index (κ1) is 15.4. The molecule has 0 spiro atoms. The lowest BCUT2D eigenvalue weighted by molar-refractivity contribution is 0.297. The van der Waals surface area contributed by atoms with Crippen molar-refractivity contribution in [1.82, 2.24) is 0 Å². The smallest absolute Gasteiger partial charge is 0.135 e. The van der Waals surface area contributed by atoms with E-state index in [4.69, 9.17) is 9.84 Å². The van der Waals surface area contributed by atoms with Crippen LogP contribution in [0.15, 0.2) is 36.4 Å². The number of hydrogen-bond donors (Lipinski definition) is 1. The summed E-state index contributed by atoms with van der Waals surface area (Å²) in [5.74, 6) is 7.26. The van der Waals surface area contributed by atoms with Crippen LogP contribution in [0.5, 0.6) is 5.75 Å². The van der Waals surface area contributed by atoms with Crippen molar-refractivity contribution in [3.63, 3.8) is 0 Å². The lowest BCUT2D eigenvalue weighted by atomic mass is 10.0. The van der Waals surface area contributed by atoms with E-state index in [9.17, 15) is 0 Å². The molecular weight excluding hydrogens is 260 g/mol. The topological polar surface area (TPSA) is 29.5 Å². The highest BCUT2D eigenvalue weighted by Gasteiger charge is 2.07. The maximum Gasteiger partial charge on any atom is 0.135 e. The maximum absolute atomic E-state index is 8.95. The highest BCUT2D eigenvalue weighted by molar-refractivity contribution is 5.90. The zero-order valence-corrected chi connectivity index (χ0v) is 12.7. The summed E-state index contributed by atoms with van der Waals surface area (Å²) >= 11 is 0. The molecule has 0 aliphatic carbocycles. The highest BCUT2D eigenvalue weighted by atomic mass is 16.5. The monoisotopic (exact) mass is 282 g/mol. The first-order chi connectivity index (χ1) is 10.2. The van der Waals surface area contributed by atoms with E-state index in [2.05, 4.69) is 37.8 Å². The Bertz CT molecular complexity index is 647.